The predicted octanol–water partition coefficient (Wildman–Crippen LogP) is 2.17. The highest BCUT2D eigenvalue weighted by Crippen LogP contribution is 2.12. The number of hydrogen-bond acceptors (Lipinski definition) is 4. The smallest absolute Gasteiger partial charge is 0.264 e. The van der Waals surface area contributed by atoms with Crippen LogP contribution in [0.3, 0.4) is 0 Å². The van der Waals surface area contributed by atoms with E-state index in [1.54, 1.807) is 10.9 Å². The molecule has 0 aliphatic carbocycles. The molecule has 0 fully saturated rings. The zero-order chi connectivity index (χ0) is 17.1. The number of aliphatic hydroxyl groups excluding tert-OH is 1. The number of aromatic nitrogens is 4. The zero-order valence-electron chi connectivity index (χ0n) is 14.0. The second kappa shape index (κ2) is 6.97. The monoisotopic (exact) mass is 326 g/mol. The molecule has 2 aromatic heterocycles. The Balaban J connectivity index is 1.73. The first kappa shape index (κ1) is 16.4. The molecule has 24 heavy (non-hydrogen) atoms. The number of hydrogen-bond donors (Lipinski definition) is 1. The second-order valence-electron chi connectivity index (χ2n) is 6.30. The van der Waals surface area contributed by atoms with Crippen LogP contribution in [0.5, 0.6) is 0 Å². The Kier molecular flexibility index (Phi) is 4.76. The molecule has 0 amide bonds. The lowest BCUT2D eigenvalue weighted by Crippen LogP contribution is -2.27. The Morgan fingerprint density at radius 2 is 1.96 bits per heavy atom. The number of nitrogens with zero attached hydrogens (tertiary/aromatic N) is 4. The van der Waals surface area contributed by atoms with E-state index in [1.165, 1.54) is 16.5 Å². The molecule has 6 heteroatoms. The molecule has 2 heterocycles. The summed E-state index contributed by atoms with van der Waals surface area (Å²) in [5.41, 5.74) is 1.60. The van der Waals surface area contributed by atoms with Crippen LogP contribution in [0.15, 0.2) is 47.7 Å². The molecule has 6 nitrogen and oxygen atoms in total. The number of aliphatic hydroxyl groups is 1. The van der Waals surface area contributed by atoms with Gasteiger partial charge < -0.3 is 5.11 Å². The summed E-state index contributed by atoms with van der Waals surface area (Å²) in [4.78, 5) is 16.9. The molecule has 3 rings (SSSR count). The summed E-state index contributed by atoms with van der Waals surface area (Å²) in [5, 5.41) is 15.0. The van der Waals surface area contributed by atoms with E-state index in [9.17, 15) is 9.90 Å². The molecule has 1 atom stereocenters. The van der Waals surface area contributed by atoms with Crippen LogP contribution in [0, 0.1) is 0 Å². The van der Waals surface area contributed by atoms with Crippen molar-refractivity contribution < 1.29 is 5.11 Å². The first-order valence-electron chi connectivity index (χ1n) is 8.21. The minimum Gasteiger partial charge on any atom is -0.391 e. The molecule has 1 aromatic carbocycles. The van der Waals surface area contributed by atoms with E-state index in [1.807, 2.05) is 44.2 Å². The third-order valence-corrected chi connectivity index (χ3v) is 4.09. The van der Waals surface area contributed by atoms with Gasteiger partial charge in [0.15, 0.2) is 5.65 Å². The van der Waals surface area contributed by atoms with Crippen LogP contribution in [0.4, 0.5) is 0 Å². The summed E-state index contributed by atoms with van der Waals surface area (Å²) in [7, 11) is 0. The number of aryl methyl sites for hydroxylation is 1. The van der Waals surface area contributed by atoms with Crippen molar-refractivity contribution in [1.29, 1.82) is 0 Å². The van der Waals surface area contributed by atoms with Gasteiger partial charge >= 0.3 is 0 Å². The van der Waals surface area contributed by atoms with E-state index in [0.29, 0.717) is 17.5 Å². The lowest BCUT2D eigenvalue weighted by molar-refractivity contribution is 0.143. The highest BCUT2D eigenvalue weighted by molar-refractivity contribution is 5.72. The molecule has 0 saturated carbocycles. The van der Waals surface area contributed by atoms with Gasteiger partial charge in [-0.05, 0) is 32.3 Å². The Labute approximate surface area is 140 Å². The van der Waals surface area contributed by atoms with Gasteiger partial charge in [-0.15, -0.1) is 0 Å². The van der Waals surface area contributed by atoms with Gasteiger partial charge in [0.2, 0.25) is 0 Å². The van der Waals surface area contributed by atoms with Gasteiger partial charge in [0, 0.05) is 6.04 Å². The van der Waals surface area contributed by atoms with Gasteiger partial charge in [-0.25, -0.2) is 9.67 Å². The second-order valence-corrected chi connectivity index (χ2v) is 6.30. The maximum absolute atomic E-state index is 12.5. The lowest BCUT2D eigenvalue weighted by Gasteiger charge is -2.13. The maximum atomic E-state index is 12.5. The van der Waals surface area contributed by atoms with Gasteiger partial charge in [0.25, 0.3) is 5.56 Å². The molecule has 1 N–H and O–H groups in total. The van der Waals surface area contributed by atoms with E-state index < -0.39 is 6.10 Å². The average molecular weight is 326 g/mol. The van der Waals surface area contributed by atoms with Crippen molar-refractivity contribution in [3.05, 3.63) is 58.8 Å². The third-order valence-electron chi connectivity index (χ3n) is 4.09. The third kappa shape index (κ3) is 3.38. The molecule has 126 valence electrons. The van der Waals surface area contributed by atoms with E-state index in [-0.39, 0.29) is 18.1 Å². The van der Waals surface area contributed by atoms with E-state index in [2.05, 4.69) is 10.1 Å². The maximum Gasteiger partial charge on any atom is 0.264 e. The van der Waals surface area contributed by atoms with Crippen LogP contribution in [0.1, 0.15) is 31.9 Å². The molecule has 1 unspecified atom stereocenters. The van der Waals surface area contributed by atoms with Crippen molar-refractivity contribution in [2.45, 2.75) is 45.4 Å². The van der Waals surface area contributed by atoms with Crippen LogP contribution < -0.4 is 5.56 Å². The highest BCUT2D eigenvalue weighted by Gasteiger charge is 2.14. The quantitative estimate of drug-likeness (QED) is 0.753. The fourth-order valence-corrected chi connectivity index (χ4v) is 2.77. The van der Waals surface area contributed by atoms with Gasteiger partial charge in [0.1, 0.15) is 11.7 Å². The van der Waals surface area contributed by atoms with Crippen molar-refractivity contribution in [3.63, 3.8) is 0 Å². The van der Waals surface area contributed by atoms with Crippen LogP contribution in [0.2, 0.25) is 0 Å². The first-order valence-corrected chi connectivity index (χ1v) is 8.21. The molecule has 0 radical (unpaired) electrons. The lowest BCUT2D eigenvalue weighted by atomic mass is 10.1. The topological polar surface area (TPSA) is 72.9 Å². The zero-order valence-corrected chi connectivity index (χ0v) is 14.0. The fraction of sp³-hybridized carbons (Fsp3) is 0.389. The number of benzene rings is 1. The molecule has 0 bridgehead atoms. The van der Waals surface area contributed by atoms with Crippen molar-refractivity contribution in [2.75, 3.05) is 0 Å². The van der Waals surface area contributed by atoms with Crippen LogP contribution >= 0.6 is 0 Å². The molecule has 0 spiro atoms. The van der Waals surface area contributed by atoms with Gasteiger partial charge in [-0.2, -0.15) is 5.10 Å². The number of fused-ring (bicyclic) bond motifs is 1. The summed E-state index contributed by atoms with van der Waals surface area (Å²) in [5.74, 6) is 0. The van der Waals surface area contributed by atoms with Crippen molar-refractivity contribution in [3.8, 4) is 0 Å². The minimum atomic E-state index is -0.595. The first-order chi connectivity index (χ1) is 11.6. The Hall–Kier alpha value is -2.47. The van der Waals surface area contributed by atoms with Crippen LogP contribution in [0.25, 0.3) is 11.0 Å². The van der Waals surface area contributed by atoms with Crippen molar-refractivity contribution >= 4 is 11.0 Å². The molecule has 0 saturated heterocycles. The fourth-order valence-electron chi connectivity index (χ4n) is 2.77. The van der Waals surface area contributed by atoms with E-state index in [4.69, 9.17) is 0 Å². The van der Waals surface area contributed by atoms with Gasteiger partial charge in [-0.3, -0.25) is 9.36 Å². The minimum absolute atomic E-state index is 0.140. The SMILES string of the molecule is CC(C)n1ncc2c(=O)n(CC(O)CCc3ccccc3)cnc21. The average Bonchev–Trinajstić information content (AvgIpc) is 3.01. The molecule has 0 aliphatic rings. The summed E-state index contributed by atoms with van der Waals surface area (Å²) in [6.45, 7) is 4.22. The normalized spacial score (nSPS) is 12.8. The summed E-state index contributed by atoms with van der Waals surface area (Å²) >= 11 is 0. The summed E-state index contributed by atoms with van der Waals surface area (Å²) in [6.07, 6.45) is 3.83. The van der Waals surface area contributed by atoms with Crippen LogP contribution in [-0.2, 0) is 13.0 Å². The van der Waals surface area contributed by atoms with Crippen molar-refractivity contribution in [2.24, 2.45) is 0 Å². The molecule has 0 aliphatic heterocycles. The Bertz CT molecular complexity index is 868. The molecular formula is C18H22N4O2. The highest BCUT2D eigenvalue weighted by atomic mass is 16.3. The van der Waals surface area contributed by atoms with Crippen molar-refractivity contribution in [1.82, 2.24) is 19.3 Å². The van der Waals surface area contributed by atoms with Crippen LogP contribution in [-0.4, -0.2) is 30.5 Å². The van der Waals surface area contributed by atoms with E-state index >= 15 is 0 Å². The van der Waals surface area contributed by atoms with Gasteiger partial charge in [-0.1, -0.05) is 30.3 Å². The summed E-state index contributed by atoms with van der Waals surface area (Å²) in [6, 6.07) is 10.1. The largest absolute Gasteiger partial charge is 0.391 e. The Morgan fingerprint density at radius 1 is 1.21 bits per heavy atom. The predicted molar refractivity (Wildman–Crippen MR) is 92.9 cm³/mol. The Morgan fingerprint density at radius 3 is 2.67 bits per heavy atom. The van der Waals surface area contributed by atoms with Gasteiger partial charge in [0.05, 0.1) is 18.8 Å². The summed E-state index contributed by atoms with van der Waals surface area (Å²) < 4.78 is 3.19. The molecular weight excluding hydrogens is 304 g/mol. The standard InChI is InChI=1S/C18H22N4O2/c1-13(2)22-17-16(10-20-22)18(24)21(12-19-17)11-15(23)9-8-14-6-4-3-5-7-14/h3-7,10,12-13,15,23H,8-9,11H2,1-2H3. The molecule has 3 aromatic rings. The number of rotatable bonds is 6. The van der Waals surface area contributed by atoms with E-state index in [0.717, 1.165) is 6.42 Å².